The fourth-order valence-corrected chi connectivity index (χ4v) is 3.15. The summed E-state index contributed by atoms with van der Waals surface area (Å²) in [6.45, 7) is 0.884. The van der Waals surface area contributed by atoms with Crippen molar-refractivity contribution in [3.8, 4) is 23.6 Å². The first-order valence-electron chi connectivity index (χ1n) is 9.11. The molecule has 1 aromatic heterocycles. The highest BCUT2D eigenvalue weighted by Crippen LogP contribution is 2.35. The first-order valence-corrected chi connectivity index (χ1v) is 9.49. The second-order valence-electron chi connectivity index (χ2n) is 6.77. The zero-order chi connectivity index (χ0) is 23.4. The summed E-state index contributed by atoms with van der Waals surface area (Å²) in [6, 6.07) is 12.1. The number of rotatable bonds is 6. The van der Waals surface area contributed by atoms with Crippen molar-refractivity contribution in [2.45, 2.75) is 19.9 Å². The molecule has 10 heteroatoms. The van der Waals surface area contributed by atoms with Gasteiger partial charge in [-0.2, -0.15) is 15.6 Å². The molecule has 1 N–H and O–H groups in total. The van der Waals surface area contributed by atoms with Crippen molar-refractivity contribution >= 4 is 17.6 Å². The van der Waals surface area contributed by atoms with E-state index in [-0.39, 0.29) is 50.9 Å². The van der Waals surface area contributed by atoms with Gasteiger partial charge in [-0.15, -0.1) is 0 Å². The lowest BCUT2D eigenvalue weighted by molar-refractivity contribution is -0.138. The monoisotopic (exact) mass is 452 g/mol. The van der Waals surface area contributed by atoms with Gasteiger partial charge in [0.25, 0.3) is 5.56 Å². The Labute approximate surface area is 186 Å². The van der Waals surface area contributed by atoms with Crippen LogP contribution >= 0.6 is 11.6 Å². The molecule has 0 aliphatic carbocycles. The Hall–Kier alpha value is -4.21. The summed E-state index contributed by atoms with van der Waals surface area (Å²) < 4.78 is 21.6. The van der Waals surface area contributed by atoms with Crippen LogP contribution in [-0.4, -0.2) is 20.9 Å². The molecule has 0 bridgehead atoms. The number of nitrogens with zero attached hydrogens (tertiary/aromatic N) is 4. The van der Waals surface area contributed by atoms with Crippen LogP contribution in [0.4, 0.5) is 4.39 Å². The maximum Gasteiger partial charge on any atom is 0.325 e. The molecule has 0 unspecified atom stereocenters. The van der Waals surface area contributed by atoms with Crippen molar-refractivity contribution in [2.75, 3.05) is 0 Å². The van der Waals surface area contributed by atoms with Gasteiger partial charge in [-0.25, -0.2) is 9.07 Å². The number of aryl methyl sites for hydroxylation is 1. The Morgan fingerprint density at radius 3 is 2.47 bits per heavy atom. The Morgan fingerprint density at radius 1 is 1.22 bits per heavy atom. The molecule has 3 aromatic rings. The molecule has 0 amide bonds. The lowest BCUT2D eigenvalue weighted by Gasteiger charge is -2.13. The van der Waals surface area contributed by atoms with Gasteiger partial charge in [-0.05, 0) is 42.8 Å². The third-order valence-corrected chi connectivity index (χ3v) is 4.67. The van der Waals surface area contributed by atoms with E-state index < -0.39 is 23.9 Å². The molecular weight excluding hydrogens is 439 g/mol. The second-order valence-corrected chi connectivity index (χ2v) is 7.18. The van der Waals surface area contributed by atoms with E-state index in [0.717, 1.165) is 4.68 Å². The number of aliphatic carboxylic acids is 1. The van der Waals surface area contributed by atoms with E-state index in [1.165, 1.54) is 43.3 Å². The Bertz CT molecular complexity index is 1340. The maximum atomic E-state index is 15.2. The average molecular weight is 453 g/mol. The van der Waals surface area contributed by atoms with Crippen molar-refractivity contribution in [3.05, 3.63) is 85.5 Å². The summed E-state index contributed by atoms with van der Waals surface area (Å²) in [5.74, 6) is -2.28. The highest BCUT2D eigenvalue weighted by atomic mass is 35.5. The quantitative estimate of drug-likeness (QED) is 0.605. The molecule has 0 radical (unpaired) electrons. The molecule has 8 nitrogen and oxygen atoms in total. The van der Waals surface area contributed by atoms with Crippen LogP contribution < -0.4 is 10.3 Å². The molecule has 0 atom stereocenters. The van der Waals surface area contributed by atoms with Crippen LogP contribution in [0.15, 0.2) is 41.2 Å². The zero-order valence-electron chi connectivity index (χ0n) is 16.6. The van der Waals surface area contributed by atoms with Crippen molar-refractivity contribution in [1.82, 2.24) is 9.78 Å². The third-order valence-electron chi connectivity index (χ3n) is 4.37. The Balaban J connectivity index is 1.99. The standard InChI is InChI=1S/C22H14ClFN4O4/c1-12-4-16(27-28(22(12)31)11-19(29)30)8-15-2-3-18(23)21(20(15)24)32-17-6-13(9-25)5-14(7-17)10-26/h2-7H,8,11H2,1H3,(H,29,30). The summed E-state index contributed by atoms with van der Waals surface area (Å²) in [5, 5.41) is 31.1. The van der Waals surface area contributed by atoms with Crippen LogP contribution in [0, 0.1) is 35.4 Å². The van der Waals surface area contributed by atoms with E-state index in [1.807, 2.05) is 12.1 Å². The highest BCUT2D eigenvalue weighted by molar-refractivity contribution is 6.32. The minimum atomic E-state index is -1.24. The zero-order valence-corrected chi connectivity index (χ0v) is 17.4. The molecule has 3 rings (SSSR count). The number of carboxylic acids is 1. The van der Waals surface area contributed by atoms with Gasteiger partial charge in [0.05, 0.1) is 34.0 Å². The topological polar surface area (TPSA) is 129 Å². The van der Waals surface area contributed by atoms with Gasteiger partial charge >= 0.3 is 5.97 Å². The van der Waals surface area contributed by atoms with Crippen LogP contribution in [0.1, 0.15) is 27.9 Å². The third kappa shape index (κ3) is 4.91. The van der Waals surface area contributed by atoms with Gasteiger partial charge < -0.3 is 9.84 Å². The van der Waals surface area contributed by atoms with E-state index in [9.17, 15) is 9.59 Å². The average Bonchev–Trinajstić information content (AvgIpc) is 2.76. The van der Waals surface area contributed by atoms with Gasteiger partial charge in [0.15, 0.2) is 11.6 Å². The molecule has 0 aliphatic rings. The first-order chi connectivity index (χ1) is 15.2. The molecule has 0 saturated heterocycles. The van der Waals surface area contributed by atoms with Crippen LogP contribution in [-0.2, 0) is 17.8 Å². The molecule has 0 aliphatic heterocycles. The fraction of sp³-hybridized carbons (Fsp3) is 0.136. The van der Waals surface area contributed by atoms with Crippen molar-refractivity contribution < 1.29 is 19.0 Å². The summed E-state index contributed by atoms with van der Waals surface area (Å²) in [7, 11) is 0. The molecule has 0 spiro atoms. The van der Waals surface area contributed by atoms with Crippen LogP contribution in [0.5, 0.6) is 11.5 Å². The summed E-state index contributed by atoms with van der Waals surface area (Å²) in [6.07, 6.45) is -0.0677. The lowest BCUT2D eigenvalue weighted by atomic mass is 10.1. The normalized spacial score (nSPS) is 10.3. The minimum Gasteiger partial charge on any atom is -0.480 e. The predicted octanol–water partition coefficient (Wildman–Crippen LogP) is 3.56. The lowest BCUT2D eigenvalue weighted by Crippen LogP contribution is -2.29. The minimum absolute atomic E-state index is 0.0351. The van der Waals surface area contributed by atoms with E-state index in [0.29, 0.717) is 0 Å². The van der Waals surface area contributed by atoms with Gasteiger partial charge in [-0.1, -0.05) is 17.7 Å². The smallest absolute Gasteiger partial charge is 0.325 e. The fourth-order valence-electron chi connectivity index (χ4n) is 2.97. The van der Waals surface area contributed by atoms with E-state index in [2.05, 4.69) is 5.10 Å². The number of hydrogen-bond donors (Lipinski definition) is 1. The van der Waals surface area contributed by atoms with Crippen molar-refractivity contribution in [2.24, 2.45) is 0 Å². The van der Waals surface area contributed by atoms with Crippen molar-refractivity contribution in [3.63, 3.8) is 0 Å². The van der Waals surface area contributed by atoms with Crippen LogP contribution in [0.2, 0.25) is 5.02 Å². The number of halogens is 2. The second kappa shape index (κ2) is 9.29. The van der Waals surface area contributed by atoms with Crippen molar-refractivity contribution in [1.29, 1.82) is 10.5 Å². The summed E-state index contributed by atoms with van der Waals surface area (Å²) >= 11 is 6.11. The number of carboxylic acid groups (broad SMARTS) is 1. The summed E-state index contributed by atoms with van der Waals surface area (Å²) in [5.41, 5.74) is 0.434. The summed E-state index contributed by atoms with van der Waals surface area (Å²) in [4.78, 5) is 23.0. The first kappa shape index (κ1) is 22.5. The van der Waals surface area contributed by atoms with Crippen LogP contribution in [0.3, 0.4) is 0 Å². The number of benzene rings is 2. The number of carbonyl (C=O) groups is 1. The Morgan fingerprint density at radius 2 is 1.88 bits per heavy atom. The van der Waals surface area contributed by atoms with Gasteiger partial charge in [-0.3, -0.25) is 9.59 Å². The number of aromatic nitrogens is 2. The Kier molecular flexibility index (Phi) is 6.53. The van der Waals surface area contributed by atoms with Gasteiger partial charge in [0, 0.05) is 12.0 Å². The van der Waals surface area contributed by atoms with Crippen LogP contribution in [0.25, 0.3) is 0 Å². The molecule has 0 fully saturated rings. The molecular formula is C22H14ClFN4O4. The molecule has 2 aromatic carbocycles. The molecule has 1 heterocycles. The number of nitriles is 2. The van der Waals surface area contributed by atoms with Gasteiger partial charge in [0.1, 0.15) is 12.3 Å². The SMILES string of the molecule is Cc1cc(Cc2ccc(Cl)c(Oc3cc(C#N)cc(C#N)c3)c2F)nn(CC(=O)O)c1=O. The largest absolute Gasteiger partial charge is 0.480 e. The molecule has 32 heavy (non-hydrogen) atoms. The predicted molar refractivity (Wildman–Crippen MR) is 111 cm³/mol. The maximum absolute atomic E-state index is 15.2. The number of hydrogen-bond acceptors (Lipinski definition) is 6. The van der Waals surface area contributed by atoms with E-state index in [1.54, 1.807) is 0 Å². The molecule has 160 valence electrons. The molecule has 0 saturated carbocycles. The van der Waals surface area contributed by atoms with E-state index in [4.69, 9.17) is 32.0 Å². The van der Waals surface area contributed by atoms with E-state index >= 15 is 4.39 Å². The van der Waals surface area contributed by atoms with Gasteiger partial charge in [0.2, 0.25) is 0 Å². The number of ether oxygens (including phenoxy) is 1. The highest BCUT2D eigenvalue weighted by Gasteiger charge is 2.18.